The molecule has 0 aliphatic heterocycles. The van der Waals surface area contributed by atoms with Gasteiger partial charge in [-0.15, -0.1) is 0 Å². The van der Waals surface area contributed by atoms with Crippen LogP contribution in [0.25, 0.3) is 0 Å². The molecule has 6 heteroatoms. The number of methoxy groups -OCH3 is 2. The van der Waals surface area contributed by atoms with E-state index in [1.165, 1.54) is 6.07 Å². The normalized spacial score (nSPS) is 11.1. The third-order valence-corrected chi connectivity index (χ3v) is 4.00. The second kappa shape index (κ2) is 10.1. The monoisotopic (exact) mass is 403 g/mol. The molecular formula is C23H28FO5. The Morgan fingerprint density at radius 1 is 1.03 bits per heavy atom. The molecule has 1 radical (unpaired) electrons. The second-order valence-electron chi connectivity index (χ2n) is 7.47. The summed E-state index contributed by atoms with van der Waals surface area (Å²) < 4.78 is 35.7. The highest BCUT2D eigenvalue weighted by atomic mass is 19.1. The summed E-state index contributed by atoms with van der Waals surface area (Å²) in [5, 5.41) is 0. The van der Waals surface area contributed by atoms with Crippen LogP contribution in [0.1, 0.15) is 38.3 Å². The molecule has 2 aromatic carbocycles. The number of halogens is 1. The highest BCUT2D eigenvalue weighted by Gasteiger charge is 2.18. The summed E-state index contributed by atoms with van der Waals surface area (Å²) in [7, 11) is 3.18. The Balaban J connectivity index is 1.93. The molecule has 0 atom stereocenters. The van der Waals surface area contributed by atoms with E-state index in [-0.39, 0.29) is 12.4 Å². The van der Waals surface area contributed by atoms with Crippen molar-refractivity contribution in [2.24, 2.45) is 0 Å². The lowest BCUT2D eigenvalue weighted by Crippen LogP contribution is -2.27. The smallest absolute Gasteiger partial charge is 0.344 e. The van der Waals surface area contributed by atoms with Crippen LogP contribution in [0, 0.1) is 12.2 Å². The van der Waals surface area contributed by atoms with Crippen LogP contribution < -0.4 is 14.2 Å². The maximum absolute atomic E-state index is 14.7. The Morgan fingerprint density at radius 2 is 1.76 bits per heavy atom. The van der Waals surface area contributed by atoms with Gasteiger partial charge in [0.05, 0.1) is 14.2 Å². The summed E-state index contributed by atoms with van der Waals surface area (Å²) in [6.45, 7) is 4.95. The molecule has 0 spiro atoms. The number of hydrogen-bond donors (Lipinski definition) is 0. The molecule has 157 valence electrons. The molecule has 2 aromatic rings. The van der Waals surface area contributed by atoms with Gasteiger partial charge in [-0.25, -0.2) is 9.18 Å². The summed E-state index contributed by atoms with van der Waals surface area (Å²) in [6.07, 6.45) is 3.14. The van der Waals surface area contributed by atoms with E-state index < -0.39 is 17.4 Å². The maximum Gasteiger partial charge on any atom is 0.344 e. The average molecular weight is 403 g/mol. The average Bonchev–Trinajstić information content (AvgIpc) is 2.66. The molecule has 0 saturated heterocycles. The zero-order valence-electron chi connectivity index (χ0n) is 17.6. The number of rotatable bonds is 9. The van der Waals surface area contributed by atoms with E-state index in [2.05, 4.69) is 0 Å². The Bertz CT molecular complexity index is 827. The lowest BCUT2D eigenvalue weighted by atomic mass is 10.0. The Kier molecular flexibility index (Phi) is 7.88. The van der Waals surface area contributed by atoms with E-state index in [4.69, 9.17) is 18.9 Å². The molecule has 5 nitrogen and oxygen atoms in total. The Hall–Kier alpha value is -2.76. The standard InChI is InChI=1S/C23H28FO5/c1-23(2,3)29-21(25)15-28-19-11-7-10-17(22(19)24)9-6-8-16-12-13-18(26-4)20(14-16)27-5/h7,9-14H,6,8,15H2,1-5H3. The van der Waals surface area contributed by atoms with Crippen LogP contribution in [0.5, 0.6) is 17.2 Å². The van der Waals surface area contributed by atoms with E-state index in [1.54, 1.807) is 53.5 Å². The van der Waals surface area contributed by atoms with Crippen LogP contribution in [-0.2, 0) is 16.0 Å². The number of hydrogen-bond acceptors (Lipinski definition) is 5. The minimum Gasteiger partial charge on any atom is -0.493 e. The molecule has 0 N–H and O–H groups in total. The molecule has 0 aliphatic carbocycles. The first-order valence-corrected chi connectivity index (χ1v) is 9.40. The molecule has 0 aliphatic rings. The first-order valence-electron chi connectivity index (χ1n) is 9.40. The van der Waals surface area contributed by atoms with Crippen molar-refractivity contribution in [1.82, 2.24) is 0 Å². The van der Waals surface area contributed by atoms with Gasteiger partial charge < -0.3 is 18.9 Å². The van der Waals surface area contributed by atoms with Crippen LogP contribution in [0.4, 0.5) is 4.39 Å². The van der Waals surface area contributed by atoms with Crippen molar-refractivity contribution in [2.75, 3.05) is 20.8 Å². The van der Waals surface area contributed by atoms with Gasteiger partial charge in [-0.1, -0.05) is 18.2 Å². The highest BCUT2D eigenvalue weighted by Crippen LogP contribution is 2.29. The quantitative estimate of drug-likeness (QED) is 0.566. The number of carbonyl (C=O) groups excluding carboxylic acids is 1. The van der Waals surface area contributed by atoms with Crippen LogP contribution in [-0.4, -0.2) is 32.4 Å². The van der Waals surface area contributed by atoms with Gasteiger partial charge in [0.15, 0.2) is 29.7 Å². The van der Waals surface area contributed by atoms with Gasteiger partial charge in [-0.2, -0.15) is 0 Å². The van der Waals surface area contributed by atoms with E-state index >= 15 is 0 Å². The molecule has 0 heterocycles. The number of aryl methyl sites for hydroxylation is 1. The topological polar surface area (TPSA) is 54.0 Å². The van der Waals surface area contributed by atoms with Gasteiger partial charge in [0.1, 0.15) is 5.60 Å². The zero-order chi connectivity index (χ0) is 21.4. The number of carbonyl (C=O) groups is 1. The van der Waals surface area contributed by atoms with Gasteiger partial charge in [-0.05, 0) is 69.4 Å². The number of ether oxygens (including phenoxy) is 4. The van der Waals surface area contributed by atoms with E-state index in [0.717, 1.165) is 5.56 Å². The van der Waals surface area contributed by atoms with E-state index in [9.17, 15) is 9.18 Å². The first-order chi connectivity index (χ1) is 13.7. The number of benzene rings is 2. The molecule has 2 rings (SSSR count). The molecule has 0 aromatic heterocycles. The van der Waals surface area contributed by atoms with Gasteiger partial charge >= 0.3 is 5.97 Å². The van der Waals surface area contributed by atoms with E-state index in [1.807, 2.05) is 18.2 Å². The van der Waals surface area contributed by atoms with Crippen molar-refractivity contribution in [1.29, 1.82) is 0 Å². The summed E-state index contributed by atoms with van der Waals surface area (Å²) >= 11 is 0. The minimum absolute atomic E-state index is 0.0238. The first kappa shape index (κ1) is 22.5. The van der Waals surface area contributed by atoms with Gasteiger partial charge in [0, 0.05) is 0 Å². The lowest BCUT2D eigenvalue weighted by molar-refractivity contribution is -0.157. The lowest BCUT2D eigenvalue weighted by Gasteiger charge is -2.19. The Morgan fingerprint density at radius 3 is 2.41 bits per heavy atom. The van der Waals surface area contributed by atoms with Gasteiger partial charge in [0.25, 0.3) is 0 Å². The molecule has 0 amide bonds. The predicted molar refractivity (Wildman–Crippen MR) is 109 cm³/mol. The van der Waals surface area contributed by atoms with Crippen LogP contribution in [0.2, 0.25) is 0 Å². The fraction of sp³-hybridized carbons (Fsp3) is 0.391. The molecule has 0 unspecified atom stereocenters. The van der Waals surface area contributed by atoms with Crippen molar-refractivity contribution in [3.05, 3.63) is 59.8 Å². The van der Waals surface area contributed by atoms with Crippen LogP contribution in [0.15, 0.2) is 36.4 Å². The number of esters is 1. The summed E-state index contributed by atoms with van der Waals surface area (Å²) in [5.74, 6) is 0.314. The third-order valence-electron chi connectivity index (χ3n) is 4.00. The van der Waals surface area contributed by atoms with Crippen molar-refractivity contribution in [3.8, 4) is 17.2 Å². The fourth-order valence-corrected chi connectivity index (χ4v) is 2.74. The van der Waals surface area contributed by atoms with Gasteiger partial charge in [-0.3, -0.25) is 0 Å². The summed E-state index contributed by atoms with van der Waals surface area (Å²) in [4.78, 5) is 11.8. The minimum atomic E-state index is -0.612. The summed E-state index contributed by atoms with van der Waals surface area (Å²) in [6, 6.07) is 10.6. The molecular weight excluding hydrogens is 375 g/mol. The van der Waals surface area contributed by atoms with Crippen LogP contribution in [0.3, 0.4) is 0 Å². The zero-order valence-corrected chi connectivity index (χ0v) is 17.6. The van der Waals surface area contributed by atoms with Gasteiger partial charge in [0.2, 0.25) is 0 Å². The highest BCUT2D eigenvalue weighted by molar-refractivity contribution is 5.71. The van der Waals surface area contributed by atoms with Crippen molar-refractivity contribution in [3.63, 3.8) is 0 Å². The maximum atomic E-state index is 14.7. The van der Waals surface area contributed by atoms with Crippen LogP contribution >= 0.6 is 0 Å². The molecule has 0 bridgehead atoms. The van der Waals surface area contributed by atoms with Crippen molar-refractivity contribution in [2.45, 2.75) is 39.2 Å². The molecule has 0 saturated carbocycles. The fourth-order valence-electron chi connectivity index (χ4n) is 2.74. The molecule has 0 fully saturated rings. The Labute approximate surface area is 171 Å². The predicted octanol–water partition coefficient (Wildman–Crippen LogP) is 4.75. The van der Waals surface area contributed by atoms with Crippen molar-refractivity contribution < 1.29 is 28.1 Å². The van der Waals surface area contributed by atoms with Crippen molar-refractivity contribution >= 4 is 5.97 Å². The SMILES string of the molecule is COc1ccc(CC[CH]c2cccc(OCC(=O)OC(C)(C)C)c2F)cc1OC. The van der Waals surface area contributed by atoms with E-state index in [0.29, 0.717) is 29.9 Å². The summed E-state index contributed by atoms with van der Waals surface area (Å²) in [5.41, 5.74) is 0.863. The third kappa shape index (κ3) is 6.97. The largest absolute Gasteiger partial charge is 0.493 e. The molecule has 29 heavy (non-hydrogen) atoms. The second-order valence-corrected chi connectivity index (χ2v) is 7.47.